The molecule has 1 heterocycles. The van der Waals surface area contributed by atoms with Gasteiger partial charge in [0.05, 0.1) is 11.4 Å². The summed E-state index contributed by atoms with van der Waals surface area (Å²) in [4.78, 5) is 2.44. The molecule has 0 amide bonds. The summed E-state index contributed by atoms with van der Waals surface area (Å²) in [6.45, 7) is 8.59. The van der Waals surface area contributed by atoms with Gasteiger partial charge >= 0.3 is 0 Å². The third-order valence-corrected chi connectivity index (χ3v) is 3.59. The highest BCUT2D eigenvalue weighted by molar-refractivity contribution is 5.70. The van der Waals surface area contributed by atoms with Crippen molar-refractivity contribution >= 4 is 11.4 Å². The lowest BCUT2D eigenvalue weighted by Gasteiger charge is -2.39. The van der Waals surface area contributed by atoms with E-state index in [4.69, 9.17) is 5.73 Å². The number of benzene rings is 1. The van der Waals surface area contributed by atoms with Crippen molar-refractivity contribution in [3.05, 3.63) is 24.3 Å². The molecule has 0 saturated carbocycles. The predicted octanol–water partition coefficient (Wildman–Crippen LogP) is 2.82. The Morgan fingerprint density at radius 2 is 1.83 bits per heavy atom. The van der Waals surface area contributed by atoms with Crippen LogP contribution in [0, 0.1) is 0 Å². The molecule has 0 bridgehead atoms. The molecule has 0 aromatic heterocycles. The Balaban J connectivity index is 2.13. The number of hydrogen-bond donors (Lipinski definition) is 2. The zero-order valence-corrected chi connectivity index (χ0v) is 11.7. The Morgan fingerprint density at radius 1 is 1.22 bits per heavy atom. The molecule has 0 atom stereocenters. The third kappa shape index (κ3) is 3.16. The number of nitrogens with zero attached hydrogens (tertiary/aromatic N) is 1. The summed E-state index contributed by atoms with van der Waals surface area (Å²) < 4.78 is 0. The first-order valence-electron chi connectivity index (χ1n) is 6.87. The summed E-state index contributed by atoms with van der Waals surface area (Å²) >= 11 is 0. The minimum atomic E-state index is 0.0108. The number of rotatable bonds is 3. The van der Waals surface area contributed by atoms with Gasteiger partial charge in [0.1, 0.15) is 0 Å². The molecule has 1 fully saturated rings. The van der Waals surface area contributed by atoms with Gasteiger partial charge < -0.3 is 16.0 Å². The van der Waals surface area contributed by atoms with Crippen LogP contribution in [-0.4, -0.2) is 24.7 Å². The van der Waals surface area contributed by atoms with Crippen molar-refractivity contribution in [1.82, 2.24) is 0 Å². The van der Waals surface area contributed by atoms with Crippen LogP contribution in [0.1, 0.15) is 33.6 Å². The second-order valence-electron chi connectivity index (χ2n) is 5.96. The maximum atomic E-state index is 6.19. The van der Waals surface area contributed by atoms with E-state index < -0.39 is 0 Å². The average molecular weight is 247 g/mol. The molecule has 1 aliphatic heterocycles. The molecule has 1 aromatic carbocycles. The van der Waals surface area contributed by atoms with E-state index in [2.05, 4.69) is 55.3 Å². The lowest BCUT2D eigenvalue weighted by atomic mass is 9.90. The highest BCUT2D eigenvalue weighted by Gasteiger charge is 2.26. The maximum Gasteiger partial charge on any atom is 0.0602 e. The fourth-order valence-electron chi connectivity index (χ4n) is 2.44. The quantitative estimate of drug-likeness (QED) is 0.863. The Hall–Kier alpha value is -1.22. The lowest BCUT2D eigenvalue weighted by molar-refractivity contribution is 0.364. The fraction of sp³-hybridized carbons (Fsp3) is 0.600. The molecule has 1 aromatic rings. The summed E-state index contributed by atoms with van der Waals surface area (Å²) in [6, 6.07) is 9.01. The summed E-state index contributed by atoms with van der Waals surface area (Å²) in [5.41, 5.74) is 8.74. The molecule has 0 unspecified atom stereocenters. The number of nitrogens with two attached hydrogens (primary N) is 1. The largest absolute Gasteiger partial charge is 0.381 e. The van der Waals surface area contributed by atoms with E-state index >= 15 is 0 Å². The van der Waals surface area contributed by atoms with Crippen LogP contribution in [0.25, 0.3) is 0 Å². The molecule has 1 aliphatic rings. The van der Waals surface area contributed by atoms with Crippen molar-refractivity contribution in [2.75, 3.05) is 23.3 Å². The molecule has 100 valence electrons. The minimum Gasteiger partial charge on any atom is -0.381 e. The van der Waals surface area contributed by atoms with E-state index in [0.717, 1.165) is 25.9 Å². The van der Waals surface area contributed by atoms with Crippen molar-refractivity contribution < 1.29 is 0 Å². The molecule has 0 spiro atoms. The van der Waals surface area contributed by atoms with Gasteiger partial charge in [-0.15, -0.1) is 0 Å². The van der Waals surface area contributed by atoms with E-state index in [-0.39, 0.29) is 5.54 Å². The summed E-state index contributed by atoms with van der Waals surface area (Å²) in [6.07, 6.45) is 2.12. The van der Waals surface area contributed by atoms with E-state index in [1.54, 1.807) is 0 Å². The van der Waals surface area contributed by atoms with Crippen LogP contribution < -0.4 is 16.0 Å². The monoisotopic (exact) mass is 247 g/mol. The summed E-state index contributed by atoms with van der Waals surface area (Å²) in [7, 11) is 0. The number of anilines is 2. The van der Waals surface area contributed by atoms with Gasteiger partial charge in [0.2, 0.25) is 0 Å². The van der Waals surface area contributed by atoms with E-state index in [9.17, 15) is 0 Å². The maximum absolute atomic E-state index is 6.19. The number of hydrogen-bond acceptors (Lipinski definition) is 3. The standard InChI is InChI=1S/C15H25N3/c1-12(2)17-13-6-4-5-7-14(13)18-10-8-15(3,16)9-11-18/h4-7,12,17H,8-11,16H2,1-3H3. The molecule has 0 aliphatic carbocycles. The molecule has 2 rings (SSSR count). The molecule has 18 heavy (non-hydrogen) atoms. The van der Waals surface area contributed by atoms with Crippen molar-refractivity contribution in [1.29, 1.82) is 0 Å². The van der Waals surface area contributed by atoms with Crippen LogP contribution in [0.5, 0.6) is 0 Å². The number of para-hydroxylation sites is 2. The van der Waals surface area contributed by atoms with E-state index in [1.807, 2.05) is 0 Å². The van der Waals surface area contributed by atoms with Gasteiger partial charge in [0, 0.05) is 24.7 Å². The van der Waals surface area contributed by atoms with Gasteiger partial charge in [0.15, 0.2) is 0 Å². The van der Waals surface area contributed by atoms with Crippen LogP contribution in [0.3, 0.4) is 0 Å². The van der Waals surface area contributed by atoms with E-state index in [0.29, 0.717) is 6.04 Å². The van der Waals surface area contributed by atoms with Gasteiger partial charge in [0.25, 0.3) is 0 Å². The van der Waals surface area contributed by atoms with Crippen molar-refractivity contribution in [2.45, 2.75) is 45.2 Å². The van der Waals surface area contributed by atoms with Crippen LogP contribution in [-0.2, 0) is 0 Å². The van der Waals surface area contributed by atoms with Crippen molar-refractivity contribution in [3.8, 4) is 0 Å². The van der Waals surface area contributed by atoms with E-state index in [1.165, 1.54) is 11.4 Å². The van der Waals surface area contributed by atoms with Crippen LogP contribution in [0.15, 0.2) is 24.3 Å². The predicted molar refractivity (Wildman–Crippen MR) is 79.2 cm³/mol. The average Bonchev–Trinajstić information content (AvgIpc) is 2.29. The molecular formula is C15H25N3. The van der Waals surface area contributed by atoms with Crippen molar-refractivity contribution in [3.63, 3.8) is 0 Å². The van der Waals surface area contributed by atoms with Gasteiger partial charge in [-0.3, -0.25) is 0 Å². The highest BCUT2D eigenvalue weighted by atomic mass is 15.2. The molecule has 3 N–H and O–H groups in total. The van der Waals surface area contributed by atoms with Crippen molar-refractivity contribution in [2.24, 2.45) is 5.73 Å². The first-order chi connectivity index (χ1) is 8.48. The zero-order valence-electron chi connectivity index (χ0n) is 11.7. The summed E-state index contributed by atoms with van der Waals surface area (Å²) in [5, 5.41) is 3.52. The van der Waals surface area contributed by atoms with Gasteiger partial charge in [-0.25, -0.2) is 0 Å². The van der Waals surface area contributed by atoms with Gasteiger partial charge in [-0.2, -0.15) is 0 Å². The summed E-state index contributed by atoms with van der Waals surface area (Å²) in [5.74, 6) is 0. The molecular weight excluding hydrogens is 222 g/mol. The SMILES string of the molecule is CC(C)Nc1ccccc1N1CCC(C)(N)CC1. The number of nitrogens with one attached hydrogen (secondary N) is 1. The Bertz CT molecular complexity index is 388. The molecule has 0 radical (unpaired) electrons. The first kappa shape index (κ1) is 13.2. The second-order valence-corrected chi connectivity index (χ2v) is 5.96. The van der Waals surface area contributed by atoms with Gasteiger partial charge in [-0.05, 0) is 45.7 Å². The van der Waals surface area contributed by atoms with Gasteiger partial charge in [-0.1, -0.05) is 12.1 Å². The van der Waals surface area contributed by atoms with Crippen LogP contribution in [0.2, 0.25) is 0 Å². The molecule has 3 nitrogen and oxygen atoms in total. The molecule has 1 saturated heterocycles. The molecule has 3 heteroatoms. The number of piperidine rings is 1. The second kappa shape index (κ2) is 5.19. The normalized spacial score (nSPS) is 19.1. The smallest absolute Gasteiger partial charge is 0.0602 e. The Kier molecular flexibility index (Phi) is 3.81. The highest BCUT2D eigenvalue weighted by Crippen LogP contribution is 2.30. The minimum absolute atomic E-state index is 0.0108. The van der Waals surface area contributed by atoms with Crippen LogP contribution >= 0.6 is 0 Å². The Labute approximate surface area is 110 Å². The topological polar surface area (TPSA) is 41.3 Å². The lowest BCUT2D eigenvalue weighted by Crippen LogP contribution is -2.48. The Morgan fingerprint density at radius 3 is 2.44 bits per heavy atom. The van der Waals surface area contributed by atoms with Crippen LogP contribution in [0.4, 0.5) is 11.4 Å². The third-order valence-electron chi connectivity index (χ3n) is 3.59. The zero-order chi connectivity index (χ0) is 13.2. The fourth-order valence-corrected chi connectivity index (χ4v) is 2.44. The first-order valence-corrected chi connectivity index (χ1v) is 6.87.